The maximum absolute atomic E-state index is 13.6. The SMILES string of the molecule is C=C(C(=O)OC(OCCC(F)(F)S(=O)(=O)[O-])(C(=O)NCCCC)C(F)(F)F)C(F)(F)F. The minimum atomic E-state index is -6.37. The van der Waals surface area contributed by atoms with Gasteiger partial charge in [0.25, 0.3) is 0 Å². The largest absolute Gasteiger partial charge is 0.743 e. The first-order valence-electron chi connectivity index (χ1n) is 8.04. The molecule has 1 amide bonds. The van der Waals surface area contributed by atoms with Crippen LogP contribution in [-0.2, 0) is 29.2 Å². The zero-order valence-electron chi connectivity index (χ0n) is 15.5. The molecule has 0 bridgehead atoms. The van der Waals surface area contributed by atoms with Gasteiger partial charge in [-0.1, -0.05) is 19.9 Å². The number of ether oxygens (including phenoxy) is 2. The molecule has 1 N–H and O–H groups in total. The molecule has 17 heteroatoms. The summed E-state index contributed by atoms with van der Waals surface area (Å²) in [6.45, 7) is 1.17. The van der Waals surface area contributed by atoms with Crippen LogP contribution in [0.15, 0.2) is 12.2 Å². The summed E-state index contributed by atoms with van der Waals surface area (Å²) < 4.78 is 143. The molecular formula is C14H16F8NO7S-. The summed E-state index contributed by atoms with van der Waals surface area (Å²) in [5, 5.41) is -3.61. The smallest absolute Gasteiger partial charge is 0.466 e. The van der Waals surface area contributed by atoms with E-state index in [0.29, 0.717) is 6.42 Å². The molecule has 0 heterocycles. The number of halogens is 8. The molecule has 0 rings (SSSR count). The fraction of sp³-hybridized carbons (Fsp3) is 0.714. The van der Waals surface area contributed by atoms with Gasteiger partial charge in [-0.15, -0.1) is 0 Å². The molecule has 0 aliphatic rings. The molecule has 0 saturated carbocycles. The summed E-state index contributed by atoms with van der Waals surface area (Å²) >= 11 is 0. The number of amides is 1. The van der Waals surface area contributed by atoms with Crippen LogP contribution in [0.2, 0.25) is 0 Å². The number of alkyl halides is 8. The van der Waals surface area contributed by atoms with Crippen molar-refractivity contribution < 1.29 is 67.2 Å². The number of esters is 1. The van der Waals surface area contributed by atoms with Crippen LogP contribution in [0.1, 0.15) is 26.2 Å². The van der Waals surface area contributed by atoms with Crippen molar-refractivity contribution in [1.29, 1.82) is 0 Å². The van der Waals surface area contributed by atoms with E-state index >= 15 is 0 Å². The number of hydrogen-bond donors (Lipinski definition) is 1. The van der Waals surface area contributed by atoms with Gasteiger partial charge in [-0.2, -0.15) is 35.1 Å². The zero-order valence-corrected chi connectivity index (χ0v) is 16.3. The monoisotopic (exact) mass is 494 g/mol. The molecule has 0 aromatic carbocycles. The lowest BCUT2D eigenvalue weighted by atomic mass is 10.2. The molecule has 0 fully saturated rings. The zero-order chi connectivity index (χ0) is 24.9. The second-order valence-electron chi connectivity index (χ2n) is 5.78. The Balaban J connectivity index is 6.06. The third kappa shape index (κ3) is 7.57. The molecule has 0 radical (unpaired) electrons. The van der Waals surface area contributed by atoms with Gasteiger partial charge in [-0.3, -0.25) is 4.79 Å². The second kappa shape index (κ2) is 10.1. The van der Waals surface area contributed by atoms with Crippen LogP contribution in [-0.4, -0.2) is 61.4 Å². The quantitative estimate of drug-likeness (QED) is 0.117. The van der Waals surface area contributed by atoms with Crippen LogP contribution in [0.25, 0.3) is 0 Å². The summed E-state index contributed by atoms with van der Waals surface area (Å²) in [5.74, 6) is -10.1. The molecule has 0 aliphatic carbocycles. The molecule has 31 heavy (non-hydrogen) atoms. The van der Waals surface area contributed by atoms with Crippen LogP contribution < -0.4 is 5.32 Å². The van der Waals surface area contributed by atoms with Crippen LogP contribution in [0.3, 0.4) is 0 Å². The van der Waals surface area contributed by atoms with Crippen molar-refractivity contribution in [2.75, 3.05) is 13.2 Å². The number of carbonyl (C=O) groups is 2. The third-order valence-electron chi connectivity index (χ3n) is 3.38. The van der Waals surface area contributed by atoms with E-state index in [-0.39, 0.29) is 6.42 Å². The minimum absolute atomic E-state index is 0.0510. The average molecular weight is 494 g/mol. The fourth-order valence-electron chi connectivity index (χ4n) is 1.65. The summed E-state index contributed by atoms with van der Waals surface area (Å²) in [6, 6.07) is 0. The maximum Gasteiger partial charge on any atom is 0.466 e. The first-order valence-corrected chi connectivity index (χ1v) is 9.45. The van der Waals surface area contributed by atoms with E-state index in [9.17, 15) is 57.7 Å². The summed E-state index contributed by atoms with van der Waals surface area (Å²) in [6.07, 6.45) is -13.6. The van der Waals surface area contributed by atoms with Gasteiger partial charge in [0, 0.05) is 13.0 Å². The molecular weight excluding hydrogens is 478 g/mol. The predicted octanol–water partition coefficient (Wildman–Crippen LogP) is 2.37. The lowest BCUT2D eigenvalue weighted by molar-refractivity contribution is -0.348. The number of unbranched alkanes of at least 4 members (excludes halogenated alkanes) is 1. The number of nitrogens with one attached hydrogen (secondary N) is 1. The standard InChI is InChI=1S/C14H17F8NO7S/c1-3-4-6-23-10(25)12(14(20,21)22,30-9(24)8(2)13(17,18)19)29-7-5-11(15,16)31(26,27)28/h2-7H2,1H3,(H,23,25)(H,26,27,28)/p-1. The van der Waals surface area contributed by atoms with Crippen molar-refractivity contribution in [2.24, 2.45) is 0 Å². The number of rotatable bonds is 11. The van der Waals surface area contributed by atoms with Gasteiger partial charge in [0.1, 0.15) is 5.57 Å². The molecule has 0 aliphatic heterocycles. The summed E-state index contributed by atoms with van der Waals surface area (Å²) in [7, 11) is -6.37. The normalized spacial score (nSPS) is 15.2. The summed E-state index contributed by atoms with van der Waals surface area (Å²) in [5.41, 5.74) is -2.49. The Morgan fingerprint density at radius 2 is 1.58 bits per heavy atom. The molecule has 1 unspecified atom stereocenters. The average Bonchev–Trinajstić information content (AvgIpc) is 2.57. The minimum Gasteiger partial charge on any atom is -0.743 e. The van der Waals surface area contributed by atoms with Crippen molar-refractivity contribution in [3.8, 4) is 0 Å². The van der Waals surface area contributed by atoms with Crippen molar-refractivity contribution in [3.63, 3.8) is 0 Å². The van der Waals surface area contributed by atoms with E-state index in [1.807, 2.05) is 0 Å². The van der Waals surface area contributed by atoms with E-state index < -0.39 is 70.5 Å². The van der Waals surface area contributed by atoms with E-state index in [1.54, 1.807) is 12.2 Å². The van der Waals surface area contributed by atoms with Crippen LogP contribution in [0.5, 0.6) is 0 Å². The van der Waals surface area contributed by atoms with Crippen molar-refractivity contribution in [3.05, 3.63) is 12.2 Å². The highest BCUT2D eigenvalue weighted by Crippen LogP contribution is 2.38. The van der Waals surface area contributed by atoms with Gasteiger partial charge in [0.15, 0.2) is 10.1 Å². The Bertz CT molecular complexity index is 779. The predicted molar refractivity (Wildman–Crippen MR) is 83.2 cm³/mol. The Labute approximate surface area is 170 Å². The Morgan fingerprint density at radius 1 is 1.06 bits per heavy atom. The Morgan fingerprint density at radius 3 is 1.97 bits per heavy atom. The van der Waals surface area contributed by atoms with E-state index in [2.05, 4.69) is 16.1 Å². The van der Waals surface area contributed by atoms with E-state index in [4.69, 9.17) is 0 Å². The highest BCUT2D eigenvalue weighted by atomic mass is 32.2. The maximum atomic E-state index is 13.6. The van der Waals surface area contributed by atoms with Gasteiger partial charge in [-0.05, 0) is 6.42 Å². The first-order chi connectivity index (χ1) is 13.7. The number of hydrogen-bond acceptors (Lipinski definition) is 7. The lowest BCUT2D eigenvalue weighted by Crippen LogP contribution is -2.62. The lowest BCUT2D eigenvalue weighted by Gasteiger charge is -2.34. The summed E-state index contributed by atoms with van der Waals surface area (Å²) in [4.78, 5) is 23.5. The van der Waals surface area contributed by atoms with Crippen LogP contribution >= 0.6 is 0 Å². The van der Waals surface area contributed by atoms with Gasteiger partial charge < -0.3 is 19.3 Å². The van der Waals surface area contributed by atoms with Crippen molar-refractivity contribution in [2.45, 2.75) is 49.6 Å². The van der Waals surface area contributed by atoms with Crippen LogP contribution in [0, 0.1) is 0 Å². The molecule has 1 atom stereocenters. The van der Waals surface area contributed by atoms with Gasteiger partial charge in [0.2, 0.25) is 0 Å². The van der Waals surface area contributed by atoms with Gasteiger partial charge in [0.05, 0.1) is 6.61 Å². The van der Waals surface area contributed by atoms with Gasteiger partial charge in [-0.25, -0.2) is 13.2 Å². The van der Waals surface area contributed by atoms with E-state index in [1.165, 1.54) is 0 Å². The molecule has 0 aromatic rings. The van der Waals surface area contributed by atoms with Gasteiger partial charge >= 0.3 is 35.3 Å². The first kappa shape index (κ1) is 29.0. The molecule has 0 spiro atoms. The highest BCUT2D eigenvalue weighted by molar-refractivity contribution is 7.86. The van der Waals surface area contributed by atoms with Crippen molar-refractivity contribution >= 4 is 22.0 Å². The number of carbonyl (C=O) groups excluding carboxylic acids is 2. The van der Waals surface area contributed by atoms with E-state index in [0.717, 1.165) is 0 Å². The highest BCUT2D eigenvalue weighted by Gasteiger charge is 2.67. The van der Waals surface area contributed by atoms with Crippen molar-refractivity contribution in [1.82, 2.24) is 5.32 Å². The third-order valence-corrected chi connectivity index (χ3v) is 4.31. The molecule has 0 saturated heterocycles. The fourth-order valence-corrected chi connectivity index (χ4v) is 1.98. The van der Waals surface area contributed by atoms with Crippen LogP contribution in [0.4, 0.5) is 35.1 Å². The Kier molecular flexibility index (Phi) is 9.42. The molecule has 0 aromatic heterocycles. The topological polar surface area (TPSA) is 122 Å². The molecule has 8 nitrogen and oxygen atoms in total. The second-order valence-corrected chi connectivity index (χ2v) is 7.29. The Hall–Kier alpha value is -2.01. The molecule has 182 valence electrons.